The molecular formula is C11H11BrFNO5. The van der Waals surface area contributed by atoms with Gasteiger partial charge < -0.3 is 20.3 Å². The van der Waals surface area contributed by atoms with Gasteiger partial charge in [0.1, 0.15) is 11.6 Å². The number of aliphatic hydroxyl groups excluding tert-OH is 1. The maximum absolute atomic E-state index is 12.8. The predicted octanol–water partition coefficient (Wildman–Crippen LogP) is 0.529. The molecule has 1 atom stereocenters. The standard InChI is InChI=1S/C11H11BrFNO5/c12-7-3-6(13)1-2-9(7)19-5-10(16)14-4-8(15)11(17)18/h1-3,8,15H,4-5H2,(H,14,16)(H,17,18)/t8-/m0/s1. The highest BCUT2D eigenvalue weighted by molar-refractivity contribution is 9.10. The van der Waals surface area contributed by atoms with Gasteiger partial charge in [-0.2, -0.15) is 0 Å². The van der Waals surface area contributed by atoms with E-state index in [4.69, 9.17) is 14.9 Å². The number of benzene rings is 1. The lowest BCUT2D eigenvalue weighted by atomic mass is 10.3. The normalized spacial score (nSPS) is 11.7. The lowest BCUT2D eigenvalue weighted by Gasteiger charge is -2.10. The van der Waals surface area contributed by atoms with Crippen LogP contribution in [0.4, 0.5) is 4.39 Å². The lowest BCUT2D eigenvalue weighted by Crippen LogP contribution is -2.38. The van der Waals surface area contributed by atoms with Crippen molar-refractivity contribution in [2.45, 2.75) is 6.10 Å². The van der Waals surface area contributed by atoms with Gasteiger partial charge in [-0.25, -0.2) is 9.18 Å². The third-order valence-electron chi connectivity index (χ3n) is 2.03. The van der Waals surface area contributed by atoms with E-state index in [-0.39, 0.29) is 12.4 Å². The number of ether oxygens (including phenoxy) is 1. The number of aliphatic hydroxyl groups is 1. The van der Waals surface area contributed by atoms with Crippen LogP contribution in [-0.4, -0.2) is 41.3 Å². The maximum Gasteiger partial charge on any atom is 0.334 e. The zero-order chi connectivity index (χ0) is 14.4. The minimum atomic E-state index is -1.67. The molecule has 0 radical (unpaired) electrons. The molecule has 1 aromatic carbocycles. The molecule has 6 nitrogen and oxygen atoms in total. The van der Waals surface area contributed by atoms with Crippen LogP contribution in [0.2, 0.25) is 0 Å². The molecule has 1 rings (SSSR count). The van der Waals surface area contributed by atoms with Gasteiger partial charge in [-0.3, -0.25) is 4.79 Å². The van der Waals surface area contributed by atoms with E-state index in [1.54, 1.807) is 0 Å². The number of aliphatic carboxylic acids is 1. The Labute approximate surface area is 116 Å². The van der Waals surface area contributed by atoms with E-state index in [0.29, 0.717) is 4.47 Å². The number of carboxylic acids is 1. The summed E-state index contributed by atoms with van der Waals surface area (Å²) in [6, 6.07) is 3.70. The minimum absolute atomic E-state index is 0.273. The third kappa shape index (κ3) is 5.23. The van der Waals surface area contributed by atoms with Crippen molar-refractivity contribution in [2.75, 3.05) is 13.2 Å². The van der Waals surface area contributed by atoms with Crippen LogP contribution in [-0.2, 0) is 9.59 Å². The first kappa shape index (κ1) is 15.4. The summed E-state index contributed by atoms with van der Waals surface area (Å²) < 4.78 is 18.2. The van der Waals surface area contributed by atoms with E-state index < -0.39 is 30.3 Å². The second-order valence-electron chi connectivity index (χ2n) is 3.52. The van der Waals surface area contributed by atoms with Crippen LogP contribution in [0.5, 0.6) is 5.75 Å². The lowest BCUT2D eigenvalue weighted by molar-refractivity contribution is -0.146. The fourth-order valence-corrected chi connectivity index (χ4v) is 1.55. The summed E-state index contributed by atoms with van der Waals surface area (Å²) in [5.41, 5.74) is 0. The molecule has 0 spiro atoms. The molecule has 3 N–H and O–H groups in total. The van der Waals surface area contributed by atoms with Gasteiger partial charge in [-0.1, -0.05) is 0 Å². The number of hydrogen-bond donors (Lipinski definition) is 3. The van der Waals surface area contributed by atoms with E-state index in [9.17, 15) is 14.0 Å². The number of rotatable bonds is 6. The van der Waals surface area contributed by atoms with Crippen molar-refractivity contribution in [1.82, 2.24) is 5.32 Å². The molecule has 0 heterocycles. The Balaban J connectivity index is 2.40. The highest BCUT2D eigenvalue weighted by Crippen LogP contribution is 2.25. The van der Waals surface area contributed by atoms with Crippen molar-refractivity contribution >= 4 is 27.8 Å². The molecule has 0 aromatic heterocycles. The van der Waals surface area contributed by atoms with Crippen molar-refractivity contribution in [2.24, 2.45) is 0 Å². The van der Waals surface area contributed by atoms with E-state index >= 15 is 0 Å². The van der Waals surface area contributed by atoms with Crippen LogP contribution in [0.3, 0.4) is 0 Å². The Morgan fingerprint density at radius 2 is 2.16 bits per heavy atom. The molecule has 1 aromatic rings. The van der Waals surface area contributed by atoms with Crippen molar-refractivity contribution in [1.29, 1.82) is 0 Å². The smallest absolute Gasteiger partial charge is 0.334 e. The highest BCUT2D eigenvalue weighted by atomic mass is 79.9. The van der Waals surface area contributed by atoms with Crippen molar-refractivity contribution in [3.8, 4) is 5.75 Å². The summed E-state index contributed by atoms with van der Waals surface area (Å²) in [6.07, 6.45) is -1.67. The summed E-state index contributed by atoms with van der Waals surface area (Å²) in [5.74, 6) is -2.21. The molecule has 0 bridgehead atoms. The molecule has 0 aliphatic rings. The van der Waals surface area contributed by atoms with E-state index in [2.05, 4.69) is 21.2 Å². The van der Waals surface area contributed by atoms with Crippen molar-refractivity contribution in [3.63, 3.8) is 0 Å². The van der Waals surface area contributed by atoms with E-state index in [1.165, 1.54) is 18.2 Å². The Hall–Kier alpha value is -1.67. The van der Waals surface area contributed by atoms with Gasteiger partial charge in [0.25, 0.3) is 5.91 Å². The zero-order valence-electron chi connectivity index (χ0n) is 9.60. The van der Waals surface area contributed by atoms with Crippen LogP contribution in [0.15, 0.2) is 22.7 Å². The zero-order valence-corrected chi connectivity index (χ0v) is 11.2. The molecule has 0 unspecified atom stereocenters. The number of hydrogen-bond acceptors (Lipinski definition) is 4. The first-order chi connectivity index (χ1) is 8.90. The van der Waals surface area contributed by atoms with Gasteiger partial charge in [0.05, 0.1) is 11.0 Å². The van der Waals surface area contributed by atoms with Crippen molar-refractivity contribution < 1.29 is 28.9 Å². The van der Waals surface area contributed by atoms with Gasteiger partial charge in [-0.15, -0.1) is 0 Å². The molecule has 0 saturated heterocycles. The molecule has 104 valence electrons. The van der Waals surface area contributed by atoms with Gasteiger partial charge in [0, 0.05) is 0 Å². The molecule has 19 heavy (non-hydrogen) atoms. The van der Waals surface area contributed by atoms with E-state index in [0.717, 1.165) is 0 Å². The Morgan fingerprint density at radius 1 is 1.47 bits per heavy atom. The molecule has 0 aliphatic carbocycles. The maximum atomic E-state index is 12.8. The SMILES string of the molecule is O=C(COc1ccc(F)cc1Br)NC[C@H](O)C(=O)O. The monoisotopic (exact) mass is 335 g/mol. The largest absolute Gasteiger partial charge is 0.483 e. The van der Waals surface area contributed by atoms with Gasteiger partial charge in [0.15, 0.2) is 12.7 Å². The number of carboxylic acid groups (broad SMARTS) is 1. The predicted molar refractivity (Wildman–Crippen MR) is 66.2 cm³/mol. The number of carbonyl (C=O) groups is 2. The second-order valence-corrected chi connectivity index (χ2v) is 4.38. The summed E-state index contributed by atoms with van der Waals surface area (Å²) in [6.45, 7) is -0.793. The molecular weight excluding hydrogens is 325 g/mol. The van der Waals surface area contributed by atoms with Gasteiger partial charge in [-0.05, 0) is 34.1 Å². The van der Waals surface area contributed by atoms with Crippen LogP contribution in [0, 0.1) is 5.82 Å². The topological polar surface area (TPSA) is 95.9 Å². The van der Waals surface area contributed by atoms with Crippen LogP contribution in [0.1, 0.15) is 0 Å². The first-order valence-electron chi connectivity index (χ1n) is 5.15. The summed E-state index contributed by atoms with van der Waals surface area (Å²) in [5, 5.41) is 19.5. The fraction of sp³-hybridized carbons (Fsp3) is 0.273. The molecule has 0 fully saturated rings. The Morgan fingerprint density at radius 3 is 2.74 bits per heavy atom. The summed E-state index contributed by atoms with van der Waals surface area (Å²) in [4.78, 5) is 21.6. The summed E-state index contributed by atoms with van der Waals surface area (Å²) in [7, 11) is 0. The molecule has 1 amide bonds. The van der Waals surface area contributed by atoms with Crippen LogP contribution < -0.4 is 10.1 Å². The Bertz CT molecular complexity index is 482. The molecule has 0 aliphatic heterocycles. The number of halogens is 2. The number of amides is 1. The average Bonchev–Trinajstić information content (AvgIpc) is 2.34. The quantitative estimate of drug-likeness (QED) is 0.704. The summed E-state index contributed by atoms with van der Waals surface area (Å²) >= 11 is 3.06. The Kier molecular flexibility index (Phi) is 5.71. The fourth-order valence-electron chi connectivity index (χ4n) is 1.08. The van der Waals surface area contributed by atoms with Crippen LogP contribution in [0.25, 0.3) is 0 Å². The van der Waals surface area contributed by atoms with E-state index in [1.807, 2.05) is 0 Å². The highest BCUT2D eigenvalue weighted by Gasteiger charge is 2.14. The van der Waals surface area contributed by atoms with Crippen LogP contribution >= 0.6 is 15.9 Å². The van der Waals surface area contributed by atoms with Gasteiger partial charge >= 0.3 is 5.97 Å². The molecule has 0 saturated carbocycles. The second kappa shape index (κ2) is 7.05. The third-order valence-corrected chi connectivity index (χ3v) is 2.65. The average molecular weight is 336 g/mol. The first-order valence-corrected chi connectivity index (χ1v) is 5.95. The minimum Gasteiger partial charge on any atom is -0.483 e. The number of nitrogens with one attached hydrogen (secondary N) is 1. The van der Waals surface area contributed by atoms with Crippen molar-refractivity contribution in [3.05, 3.63) is 28.5 Å². The molecule has 8 heteroatoms. The number of carbonyl (C=O) groups excluding carboxylic acids is 1. The van der Waals surface area contributed by atoms with Gasteiger partial charge in [0.2, 0.25) is 0 Å².